The smallest absolute Gasteiger partial charge is 0.253 e. The highest BCUT2D eigenvalue weighted by atomic mass is 127. The van der Waals surface area contributed by atoms with Crippen molar-refractivity contribution < 1.29 is 9.53 Å². The monoisotopic (exact) mass is 661 g/mol. The Balaban J connectivity index is 1.65. The van der Waals surface area contributed by atoms with E-state index in [1.807, 2.05) is 77.7 Å². The van der Waals surface area contributed by atoms with Crippen LogP contribution in [0.25, 0.3) is 0 Å². The number of aromatic nitrogens is 4. The third kappa shape index (κ3) is 5.88. The van der Waals surface area contributed by atoms with Gasteiger partial charge in [0.15, 0.2) is 5.82 Å². The third-order valence-electron chi connectivity index (χ3n) is 6.73. The van der Waals surface area contributed by atoms with Gasteiger partial charge in [0, 0.05) is 20.0 Å². The molecule has 0 saturated carbocycles. The van der Waals surface area contributed by atoms with E-state index in [0.29, 0.717) is 28.7 Å². The first kappa shape index (κ1) is 27.1. The average Bonchev–Trinajstić information content (AvgIpc) is 3.46. The predicted octanol–water partition coefficient (Wildman–Crippen LogP) is 6.91. The van der Waals surface area contributed by atoms with Crippen LogP contribution in [0.1, 0.15) is 60.5 Å². The summed E-state index contributed by atoms with van der Waals surface area (Å²) < 4.78 is 7.83. The maximum absolute atomic E-state index is 14.4. The molecule has 0 spiro atoms. The topological polar surface area (TPSA) is 84.0 Å². The number of nitrogens with zero attached hydrogens (tertiary/aromatic N) is 4. The molecule has 1 amide bonds. The molecule has 2 heterocycles. The van der Waals surface area contributed by atoms with Crippen molar-refractivity contribution in [2.24, 2.45) is 0 Å². The number of ether oxygens (including phenoxy) is 1. The molecule has 5 rings (SSSR count). The number of benzene rings is 3. The van der Waals surface area contributed by atoms with Gasteiger partial charge < -0.3 is 9.64 Å². The second kappa shape index (κ2) is 12.1. The zero-order chi connectivity index (χ0) is 26.6. The van der Waals surface area contributed by atoms with Crippen LogP contribution < -0.4 is 0 Å². The Hall–Kier alpha value is -2.53. The number of morpholine rings is 1. The highest BCUT2D eigenvalue weighted by molar-refractivity contribution is 14.1. The van der Waals surface area contributed by atoms with Gasteiger partial charge in [-0.05, 0) is 82.1 Å². The van der Waals surface area contributed by atoms with Crippen LogP contribution in [0.15, 0.2) is 72.8 Å². The third-order valence-corrected chi connectivity index (χ3v) is 7.95. The second-order valence-electron chi connectivity index (χ2n) is 9.24. The number of rotatable bonds is 8. The van der Waals surface area contributed by atoms with E-state index in [1.54, 1.807) is 0 Å². The number of amides is 1. The van der Waals surface area contributed by atoms with Gasteiger partial charge in [0.25, 0.3) is 5.91 Å². The van der Waals surface area contributed by atoms with Crippen LogP contribution in [0, 0.1) is 3.57 Å². The van der Waals surface area contributed by atoms with Crippen LogP contribution >= 0.6 is 45.8 Å². The molecular formula is C28H26Cl2IN5O2. The summed E-state index contributed by atoms with van der Waals surface area (Å²) in [6.07, 6.45) is 0.759. The molecule has 0 unspecified atom stereocenters. The number of nitrogens with one attached hydrogen (secondary N) is 1. The summed E-state index contributed by atoms with van der Waals surface area (Å²) in [6.45, 7) is 2.08. The van der Waals surface area contributed by atoms with Gasteiger partial charge in [-0.3, -0.25) is 4.79 Å². The fourth-order valence-corrected chi connectivity index (χ4v) is 5.57. The maximum atomic E-state index is 14.4. The number of H-pyrrole nitrogens is 1. The Kier molecular flexibility index (Phi) is 8.62. The minimum atomic E-state index is -0.703. The van der Waals surface area contributed by atoms with Crippen LogP contribution in [-0.2, 0) is 16.0 Å². The van der Waals surface area contributed by atoms with Gasteiger partial charge in [-0.1, -0.05) is 78.2 Å². The minimum Gasteiger partial charge on any atom is -0.358 e. The van der Waals surface area contributed by atoms with Crippen molar-refractivity contribution in [2.45, 2.75) is 50.5 Å². The first-order valence-corrected chi connectivity index (χ1v) is 14.2. The molecule has 1 saturated heterocycles. The summed E-state index contributed by atoms with van der Waals surface area (Å²) in [5.74, 6) is 0.362. The maximum Gasteiger partial charge on any atom is 0.253 e. The van der Waals surface area contributed by atoms with E-state index in [2.05, 4.69) is 50.1 Å². The van der Waals surface area contributed by atoms with E-state index in [-0.39, 0.29) is 5.91 Å². The van der Waals surface area contributed by atoms with E-state index in [9.17, 15) is 4.79 Å². The van der Waals surface area contributed by atoms with Gasteiger partial charge in [-0.15, -0.1) is 10.2 Å². The van der Waals surface area contributed by atoms with Crippen molar-refractivity contribution in [3.8, 4) is 0 Å². The fraction of sp³-hybridized carbons (Fsp3) is 0.286. The number of carbonyl (C=O) groups excluding carboxylic acids is 1. The predicted molar refractivity (Wildman–Crippen MR) is 155 cm³/mol. The van der Waals surface area contributed by atoms with E-state index in [1.165, 1.54) is 0 Å². The van der Waals surface area contributed by atoms with Crippen LogP contribution in [0.2, 0.25) is 10.0 Å². The second-order valence-corrected chi connectivity index (χ2v) is 11.4. The lowest BCUT2D eigenvalue weighted by atomic mass is 9.88. The number of halogens is 3. The molecule has 0 aliphatic carbocycles. The number of aromatic amines is 1. The van der Waals surface area contributed by atoms with Crippen molar-refractivity contribution in [3.05, 3.63) is 109 Å². The number of carbonyl (C=O) groups is 1. The highest BCUT2D eigenvalue weighted by Crippen LogP contribution is 2.47. The number of hydrogen-bond donors (Lipinski definition) is 1. The van der Waals surface area contributed by atoms with Gasteiger partial charge >= 0.3 is 0 Å². The average molecular weight is 662 g/mol. The molecule has 4 aromatic rings. The summed E-state index contributed by atoms with van der Waals surface area (Å²) in [5, 5.41) is 16.2. The van der Waals surface area contributed by atoms with Gasteiger partial charge in [-0.25, -0.2) is 0 Å². The lowest BCUT2D eigenvalue weighted by Gasteiger charge is -2.47. The molecule has 7 nitrogen and oxygen atoms in total. The Bertz CT molecular complexity index is 1350. The Morgan fingerprint density at radius 2 is 1.61 bits per heavy atom. The molecule has 4 atom stereocenters. The molecule has 1 N–H and O–H groups in total. The van der Waals surface area contributed by atoms with Crippen molar-refractivity contribution in [3.63, 3.8) is 0 Å². The Morgan fingerprint density at radius 1 is 0.974 bits per heavy atom. The normalized spacial score (nSPS) is 20.5. The molecule has 1 aliphatic heterocycles. The molecule has 1 fully saturated rings. The van der Waals surface area contributed by atoms with Gasteiger partial charge in [0.2, 0.25) is 0 Å². The van der Waals surface area contributed by atoms with E-state index < -0.39 is 24.3 Å². The van der Waals surface area contributed by atoms with E-state index in [0.717, 1.165) is 26.7 Å². The highest BCUT2D eigenvalue weighted by Gasteiger charge is 2.47. The van der Waals surface area contributed by atoms with Crippen molar-refractivity contribution >= 4 is 51.7 Å². The van der Waals surface area contributed by atoms with Gasteiger partial charge in [0.05, 0.1) is 12.1 Å². The van der Waals surface area contributed by atoms with Crippen molar-refractivity contribution in [1.29, 1.82) is 0 Å². The summed E-state index contributed by atoms with van der Waals surface area (Å²) in [7, 11) is 0. The van der Waals surface area contributed by atoms with E-state index >= 15 is 0 Å². The molecule has 0 radical (unpaired) electrons. The standard InChI is InChI=1S/C28H26Cl2IN5O2/c1-2-3-23(27-32-34-35-33-27)36-25(18-6-10-20(29)11-7-18)26(19-8-12-21(30)13-9-19)38-24(28(36)37)16-17-4-14-22(31)15-5-17/h4-15,23-26H,2-3,16H2,1H3,(H,32,33,34,35)/t23-,24+,25-,26+/m0/s1. The lowest BCUT2D eigenvalue weighted by molar-refractivity contribution is -0.180. The zero-order valence-electron chi connectivity index (χ0n) is 20.6. The first-order chi connectivity index (χ1) is 18.4. The van der Waals surface area contributed by atoms with Crippen molar-refractivity contribution in [1.82, 2.24) is 25.5 Å². The Morgan fingerprint density at radius 3 is 2.18 bits per heavy atom. The first-order valence-electron chi connectivity index (χ1n) is 12.4. The van der Waals surface area contributed by atoms with Crippen molar-refractivity contribution in [2.75, 3.05) is 0 Å². The molecule has 1 aromatic heterocycles. The lowest BCUT2D eigenvalue weighted by Crippen LogP contribution is -2.53. The summed E-state index contributed by atoms with van der Waals surface area (Å²) in [6, 6.07) is 22.4. The molecule has 3 aromatic carbocycles. The summed E-state index contributed by atoms with van der Waals surface area (Å²) in [4.78, 5) is 16.3. The molecule has 10 heteroatoms. The van der Waals surface area contributed by atoms with Crippen LogP contribution in [0.4, 0.5) is 0 Å². The van der Waals surface area contributed by atoms with Gasteiger partial charge in [0.1, 0.15) is 12.2 Å². The number of hydrogen-bond acceptors (Lipinski definition) is 5. The summed E-state index contributed by atoms with van der Waals surface area (Å²) in [5.41, 5.74) is 2.85. The quantitative estimate of drug-likeness (QED) is 0.208. The minimum absolute atomic E-state index is 0.114. The summed E-state index contributed by atoms with van der Waals surface area (Å²) >= 11 is 14.8. The Labute approximate surface area is 245 Å². The van der Waals surface area contributed by atoms with Crippen LogP contribution in [0.3, 0.4) is 0 Å². The van der Waals surface area contributed by atoms with Crippen LogP contribution in [-0.4, -0.2) is 37.5 Å². The molecule has 196 valence electrons. The SMILES string of the molecule is CCC[C@@H](c1nn[nH]n1)N1C(=O)[C@@H](Cc2ccc(I)cc2)O[C@H](c2ccc(Cl)cc2)[C@@H]1c1ccc(Cl)cc1. The molecule has 38 heavy (non-hydrogen) atoms. The van der Waals surface area contributed by atoms with E-state index in [4.69, 9.17) is 27.9 Å². The number of tetrazole rings is 1. The largest absolute Gasteiger partial charge is 0.358 e. The van der Waals surface area contributed by atoms with Crippen LogP contribution in [0.5, 0.6) is 0 Å². The molecular weight excluding hydrogens is 636 g/mol. The molecule has 0 bridgehead atoms. The fourth-order valence-electron chi connectivity index (χ4n) is 4.96. The zero-order valence-corrected chi connectivity index (χ0v) is 24.3. The molecule has 1 aliphatic rings. The van der Waals surface area contributed by atoms with Gasteiger partial charge in [-0.2, -0.15) is 5.21 Å².